The number of nitrogens with zero attached hydrogens (tertiary/aromatic N) is 3. The molecule has 0 spiro atoms. The number of benzene rings is 1. The highest BCUT2D eigenvalue weighted by Gasteiger charge is 2.30. The highest BCUT2D eigenvalue weighted by molar-refractivity contribution is 5.48. The molecular weight excluding hydrogens is 320 g/mol. The predicted molar refractivity (Wildman–Crippen MR) is 89.8 cm³/mol. The van der Waals surface area contributed by atoms with Crippen LogP contribution in [0.5, 0.6) is 11.5 Å². The zero-order valence-corrected chi connectivity index (χ0v) is 14.7. The number of ether oxygens (including phenoxy) is 3. The molecule has 1 aliphatic rings. The first-order chi connectivity index (χ1) is 11.9. The van der Waals surface area contributed by atoms with Gasteiger partial charge in [0.15, 0.2) is 5.49 Å². The zero-order chi connectivity index (χ0) is 18.2. The fourth-order valence-electron chi connectivity index (χ4n) is 2.89. The van der Waals surface area contributed by atoms with E-state index in [2.05, 4.69) is 11.2 Å². The van der Waals surface area contributed by atoms with Gasteiger partial charge in [0, 0.05) is 30.2 Å². The van der Waals surface area contributed by atoms with E-state index < -0.39 is 0 Å². The summed E-state index contributed by atoms with van der Waals surface area (Å²) in [6, 6.07) is 7.39. The maximum atomic E-state index is 9.62. The van der Waals surface area contributed by atoms with Crippen LogP contribution < -0.4 is 15.0 Å². The van der Waals surface area contributed by atoms with Crippen molar-refractivity contribution in [1.82, 2.24) is 9.78 Å². The first kappa shape index (κ1) is 17.0. The Bertz CT molecular complexity index is 903. The molecule has 0 unspecified atom stereocenters. The van der Waals surface area contributed by atoms with Gasteiger partial charge in [0.1, 0.15) is 23.1 Å². The van der Waals surface area contributed by atoms with Crippen LogP contribution in [-0.4, -0.2) is 29.6 Å². The number of nitrogens with one attached hydrogen (secondary N) is 1. The summed E-state index contributed by atoms with van der Waals surface area (Å²) in [5.74, 6) is 1.16. The van der Waals surface area contributed by atoms with Crippen molar-refractivity contribution in [3.8, 4) is 23.3 Å². The summed E-state index contributed by atoms with van der Waals surface area (Å²) in [6.07, 6.45) is 0.548. The molecule has 7 heteroatoms. The van der Waals surface area contributed by atoms with E-state index in [9.17, 15) is 5.26 Å². The van der Waals surface area contributed by atoms with Crippen molar-refractivity contribution in [2.75, 3.05) is 14.2 Å². The van der Waals surface area contributed by atoms with Crippen LogP contribution in [0, 0.1) is 16.7 Å². The molecule has 2 heterocycles. The fourth-order valence-corrected chi connectivity index (χ4v) is 2.89. The normalized spacial score (nSPS) is 15.2. The van der Waals surface area contributed by atoms with Gasteiger partial charge in [-0.2, -0.15) is 10.4 Å². The molecule has 0 aliphatic carbocycles. The maximum Gasteiger partial charge on any atom is 0.164 e. The largest absolute Gasteiger partial charge is 0.497 e. The van der Waals surface area contributed by atoms with Gasteiger partial charge < -0.3 is 14.2 Å². The molecule has 0 saturated heterocycles. The van der Waals surface area contributed by atoms with Gasteiger partial charge in [-0.1, -0.05) is 0 Å². The summed E-state index contributed by atoms with van der Waals surface area (Å²) in [4.78, 5) is 0. The van der Waals surface area contributed by atoms with E-state index >= 15 is 0 Å². The van der Waals surface area contributed by atoms with Gasteiger partial charge >= 0.3 is 0 Å². The molecule has 2 aromatic rings. The first-order valence-corrected chi connectivity index (χ1v) is 7.85. The summed E-state index contributed by atoms with van der Waals surface area (Å²) < 4.78 is 17.8. The lowest BCUT2D eigenvalue weighted by molar-refractivity contribution is -0.0428. The Kier molecular flexibility index (Phi) is 4.23. The van der Waals surface area contributed by atoms with Crippen molar-refractivity contribution in [2.24, 2.45) is 0 Å². The SMILES string of the molecule is COc1cc(OC)cc(-n2nc3c(c(C#N)c2=N)CC(C)(C)OC3)c1. The number of hydrogen-bond donors (Lipinski definition) is 1. The Labute approximate surface area is 145 Å². The van der Waals surface area contributed by atoms with Crippen molar-refractivity contribution >= 4 is 0 Å². The molecular formula is C18H20N4O3. The van der Waals surface area contributed by atoms with Crippen molar-refractivity contribution in [3.63, 3.8) is 0 Å². The molecule has 25 heavy (non-hydrogen) atoms. The maximum absolute atomic E-state index is 9.62. The van der Waals surface area contributed by atoms with Gasteiger partial charge in [-0.15, -0.1) is 0 Å². The van der Waals surface area contributed by atoms with Crippen LogP contribution in [0.15, 0.2) is 18.2 Å². The van der Waals surface area contributed by atoms with Crippen LogP contribution in [0.2, 0.25) is 0 Å². The number of nitriles is 1. The highest BCUT2D eigenvalue weighted by Crippen LogP contribution is 2.29. The molecule has 1 aromatic heterocycles. The molecule has 0 bridgehead atoms. The van der Waals surface area contributed by atoms with Crippen molar-refractivity contribution in [1.29, 1.82) is 10.7 Å². The summed E-state index contributed by atoms with van der Waals surface area (Å²) in [7, 11) is 3.11. The van der Waals surface area contributed by atoms with E-state index in [1.165, 1.54) is 4.68 Å². The zero-order valence-electron chi connectivity index (χ0n) is 14.7. The summed E-state index contributed by atoms with van der Waals surface area (Å²) in [5.41, 5.74) is 2.03. The number of methoxy groups -OCH3 is 2. The van der Waals surface area contributed by atoms with E-state index in [0.717, 1.165) is 5.56 Å². The molecule has 0 radical (unpaired) electrons. The average Bonchev–Trinajstić information content (AvgIpc) is 2.60. The third-order valence-electron chi connectivity index (χ3n) is 4.21. The quantitative estimate of drug-likeness (QED) is 0.923. The number of fused-ring (bicyclic) bond motifs is 1. The fraction of sp³-hybridized carbons (Fsp3) is 0.389. The second-order valence-electron chi connectivity index (χ2n) is 6.47. The van der Waals surface area contributed by atoms with Gasteiger partial charge in [0.05, 0.1) is 37.8 Å². The minimum atomic E-state index is -0.377. The lowest BCUT2D eigenvalue weighted by Crippen LogP contribution is -2.37. The Hall–Kier alpha value is -2.85. The second-order valence-corrected chi connectivity index (χ2v) is 6.47. The van der Waals surface area contributed by atoms with Crippen LogP contribution in [0.4, 0.5) is 0 Å². The van der Waals surface area contributed by atoms with E-state index in [1.807, 2.05) is 13.8 Å². The highest BCUT2D eigenvalue weighted by atomic mass is 16.5. The van der Waals surface area contributed by atoms with Crippen molar-refractivity contribution in [3.05, 3.63) is 40.5 Å². The van der Waals surface area contributed by atoms with E-state index in [0.29, 0.717) is 41.5 Å². The average molecular weight is 340 g/mol. The first-order valence-electron chi connectivity index (χ1n) is 7.85. The Morgan fingerprint density at radius 1 is 1.24 bits per heavy atom. The van der Waals surface area contributed by atoms with Gasteiger partial charge in [0.2, 0.25) is 0 Å². The molecule has 0 saturated carbocycles. The minimum Gasteiger partial charge on any atom is -0.497 e. The Morgan fingerprint density at radius 2 is 1.88 bits per heavy atom. The second kappa shape index (κ2) is 6.22. The summed E-state index contributed by atoms with van der Waals surface area (Å²) >= 11 is 0. The minimum absolute atomic E-state index is 0.0363. The predicted octanol–water partition coefficient (Wildman–Crippen LogP) is 2.09. The van der Waals surface area contributed by atoms with Crippen molar-refractivity contribution in [2.45, 2.75) is 32.5 Å². The summed E-state index contributed by atoms with van der Waals surface area (Å²) in [5, 5.41) is 22.6. The smallest absolute Gasteiger partial charge is 0.164 e. The lowest BCUT2D eigenvalue weighted by Gasteiger charge is -2.32. The third kappa shape index (κ3) is 3.08. The van der Waals surface area contributed by atoms with E-state index in [-0.39, 0.29) is 11.1 Å². The molecule has 0 atom stereocenters. The Morgan fingerprint density at radius 3 is 2.44 bits per heavy atom. The number of rotatable bonds is 3. The van der Waals surface area contributed by atoms with Crippen LogP contribution in [0.3, 0.4) is 0 Å². The van der Waals surface area contributed by atoms with Crippen LogP contribution >= 0.6 is 0 Å². The molecule has 1 N–H and O–H groups in total. The standard InChI is InChI=1S/C18H20N4O3/c1-18(2)8-14-15(9-19)17(20)22(21-16(14)10-25-18)11-5-12(23-3)7-13(6-11)24-4/h5-7,20H,8,10H2,1-4H3. The number of hydrogen-bond acceptors (Lipinski definition) is 6. The number of aromatic nitrogens is 2. The van der Waals surface area contributed by atoms with Gasteiger partial charge in [0.25, 0.3) is 0 Å². The molecule has 0 fully saturated rings. The lowest BCUT2D eigenvalue weighted by atomic mass is 9.92. The molecule has 1 aliphatic heterocycles. The third-order valence-corrected chi connectivity index (χ3v) is 4.21. The van der Waals surface area contributed by atoms with Crippen molar-refractivity contribution < 1.29 is 14.2 Å². The van der Waals surface area contributed by atoms with Crippen LogP contribution in [0.25, 0.3) is 5.69 Å². The molecule has 7 nitrogen and oxygen atoms in total. The topological polar surface area (TPSA) is 93.2 Å². The monoisotopic (exact) mass is 340 g/mol. The van der Waals surface area contributed by atoms with Gasteiger partial charge in [-0.25, -0.2) is 4.68 Å². The molecule has 130 valence electrons. The Balaban J connectivity index is 2.23. The molecule has 1 aromatic carbocycles. The van der Waals surface area contributed by atoms with Gasteiger partial charge in [-0.05, 0) is 13.8 Å². The molecule has 0 amide bonds. The van der Waals surface area contributed by atoms with Crippen LogP contribution in [0.1, 0.15) is 30.7 Å². The summed E-state index contributed by atoms with van der Waals surface area (Å²) in [6.45, 7) is 4.24. The molecule has 3 rings (SSSR count). The van der Waals surface area contributed by atoms with E-state index in [4.69, 9.17) is 19.6 Å². The van der Waals surface area contributed by atoms with Gasteiger partial charge in [-0.3, -0.25) is 5.41 Å². The van der Waals surface area contributed by atoms with Crippen LogP contribution in [-0.2, 0) is 17.8 Å². The van der Waals surface area contributed by atoms with E-state index in [1.54, 1.807) is 32.4 Å².